The summed E-state index contributed by atoms with van der Waals surface area (Å²) in [6, 6.07) is 0.619. The average molecular weight is 725 g/mol. The van der Waals surface area contributed by atoms with Gasteiger partial charge in [0, 0.05) is 36.9 Å². The van der Waals surface area contributed by atoms with Gasteiger partial charge in [0.15, 0.2) is 0 Å². The van der Waals surface area contributed by atoms with Crippen LogP contribution < -0.4 is 0 Å². The van der Waals surface area contributed by atoms with Gasteiger partial charge in [0.2, 0.25) is 0 Å². The quantitative estimate of drug-likeness (QED) is 0.210. The number of carboxylic acids is 1. The number of carbonyl (C=O) groups is 3. The van der Waals surface area contributed by atoms with Gasteiger partial charge in [-0.3, -0.25) is 19.3 Å². The number of nitrogens with zero attached hydrogens (tertiary/aromatic N) is 2. The van der Waals surface area contributed by atoms with Crippen molar-refractivity contribution in [2.45, 2.75) is 138 Å². The van der Waals surface area contributed by atoms with Crippen LogP contribution in [0.3, 0.4) is 0 Å². The van der Waals surface area contributed by atoms with Gasteiger partial charge in [0.25, 0.3) is 0 Å². The molecule has 2 bridgehead atoms. The molecule has 0 amide bonds. The lowest BCUT2D eigenvalue weighted by Gasteiger charge is -2.71. The van der Waals surface area contributed by atoms with Crippen molar-refractivity contribution >= 4 is 17.9 Å². The third-order valence-corrected chi connectivity index (χ3v) is 17.2. The Morgan fingerprint density at radius 1 is 0.923 bits per heavy atom. The summed E-state index contributed by atoms with van der Waals surface area (Å²) in [7, 11) is 0. The van der Waals surface area contributed by atoms with E-state index >= 15 is 0 Å². The highest BCUT2D eigenvalue weighted by Crippen LogP contribution is 2.75. The van der Waals surface area contributed by atoms with Crippen molar-refractivity contribution in [3.63, 3.8) is 0 Å². The normalized spacial score (nSPS) is 44.6. The van der Waals surface area contributed by atoms with Gasteiger partial charge < -0.3 is 24.2 Å². The molecule has 7 rings (SSSR count). The van der Waals surface area contributed by atoms with Crippen molar-refractivity contribution in [1.29, 1.82) is 0 Å². The van der Waals surface area contributed by atoms with Gasteiger partial charge in [0.1, 0.15) is 12.2 Å². The molecule has 3 aliphatic heterocycles. The van der Waals surface area contributed by atoms with Crippen LogP contribution in [-0.2, 0) is 28.6 Å². The molecule has 0 aromatic carbocycles. The maximum absolute atomic E-state index is 13.8. The van der Waals surface area contributed by atoms with Crippen LogP contribution in [0.25, 0.3) is 0 Å². The van der Waals surface area contributed by atoms with Crippen molar-refractivity contribution in [3.05, 3.63) is 11.6 Å². The zero-order valence-corrected chi connectivity index (χ0v) is 33.5. The summed E-state index contributed by atoms with van der Waals surface area (Å²) >= 11 is 0. The second kappa shape index (κ2) is 13.6. The van der Waals surface area contributed by atoms with Crippen LogP contribution in [-0.4, -0.2) is 97.0 Å². The summed E-state index contributed by atoms with van der Waals surface area (Å²) in [6.45, 7) is 22.8. The van der Waals surface area contributed by atoms with Gasteiger partial charge in [-0.25, -0.2) is 0 Å². The molecule has 9 heteroatoms. The van der Waals surface area contributed by atoms with Crippen LogP contribution in [0.1, 0.15) is 120 Å². The van der Waals surface area contributed by atoms with Crippen molar-refractivity contribution in [1.82, 2.24) is 9.80 Å². The lowest BCUT2D eigenvalue weighted by atomic mass is 9.34. The summed E-state index contributed by atoms with van der Waals surface area (Å²) in [5, 5.41) is 11.0. The summed E-state index contributed by atoms with van der Waals surface area (Å²) < 4.78 is 19.3. The Hall–Kier alpha value is -1.97. The van der Waals surface area contributed by atoms with E-state index in [-0.39, 0.29) is 52.5 Å². The van der Waals surface area contributed by atoms with E-state index in [1.165, 1.54) is 38.4 Å². The Labute approximate surface area is 312 Å². The molecule has 292 valence electrons. The Bertz CT molecular complexity index is 1430. The Morgan fingerprint density at radius 2 is 1.62 bits per heavy atom. The van der Waals surface area contributed by atoms with Gasteiger partial charge in [-0.2, -0.15) is 0 Å². The van der Waals surface area contributed by atoms with Crippen LogP contribution in [0.4, 0.5) is 0 Å². The molecule has 0 unspecified atom stereocenters. The van der Waals surface area contributed by atoms with Crippen molar-refractivity contribution < 1.29 is 33.7 Å². The van der Waals surface area contributed by atoms with E-state index < -0.39 is 34.9 Å². The monoisotopic (exact) mass is 725 g/mol. The number of fused-ring (bicyclic) bond motifs is 3. The van der Waals surface area contributed by atoms with E-state index in [9.17, 15) is 19.5 Å². The summed E-state index contributed by atoms with van der Waals surface area (Å²) in [6.07, 6.45) is 11.1. The minimum absolute atomic E-state index is 0.202. The van der Waals surface area contributed by atoms with E-state index in [1.54, 1.807) is 0 Å². The second-order valence-corrected chi connectivity index (χ2v) is 19.9. The number of esters is 2. The highest BCUT2D eigenvalue weighted by atomic mass is 16.6. The number of hydrogen-bond donors (Lipinski definition) is 1. The molecule has 11 atom stereocenters. The van der Waals surface area contributed by atoms with Gasteiger partial charge in [-0.15, -0.1) is 0 Å². The number of likely N-dealkylation sites (tertiary alicyclic amines) is 2. The largest absolute Gasteiger partial charge is 0.481 e. The van der Waals surface area contributed by atoms with Gasteiger partial charge in [0.05, 0.1) is 25.7 Å². The number of ether oxygens (including phenoxy) is 3. The molecular weight excluding hydrogens is 656 g/mol. The average Bonchev–Trinajstić information content (AvgIpc) is 3.62. The maximum atomic E-state index is 13.8. The number of rotatable bonds is 8. The predicted octanol–water partition coefficient (Wildman–Crippen LogP) is 6.98. The molecule has 4 aliphatic carbocycles. The SMILES string of the molecule is CC(=O)O[C@@H]1C[C@@]23COC[C@](C)([C@@H]2CC[C@H]2C3=CC[C@@]3(C)[C@H](C(=O)O)[C@@](C)([C@H](C)C(C)C)CC[C@]23C)[C@H]1OC(=O)CN1CCC(N2CCCC2)CC1. The molecule has 0 radical (unpaired) electrons. The van der Waals surface area contributed by atoms with Crippen LogP contribution in [0.15, 0.2) is 11.6 Å². The van der Waals surface area contributed by atoms with Crippen molar-refractivity contribution in [3.8, 4) is 0 Å². The van der Waals surface area contributed by atoms with Crippen LogP contribution in [0.2, 0.25) is 0 Å². The number of piperidine rings is 1. The minimum Gasteiger partial charge on any atom is -0.481 e. The molecule has 0 aromatic heterocycles. The first kappa shape index (κ1) is 38.3. The summed E-state index contributed by atoms with van der Waals surface area (Å²) in [5.74, 6) is -0.602. The number of allylic oxidation sites excluding steroid dienone is 1. The zero-order valence-electron chi connectivity index (χ0n) is 33.5. The first-order valence-corrected chi connectivity index (χ1v) is 20.8. The van der Waals surface area contributed by atoms with Crippen LogP contribution in [0, 0.1) is 56.7 Å². The van der Waals surface area contributed by atoms with Crippen LogP contribution >= 0.6 is 0 Å². The first-order chi connectivity index (χ1) is 24.5. The van der Waals surface area contributed by atoms with E-state index in [1.807, 2.05) is 0 Å². The molecule has 6 fully saturated rings. The smallest absolute Gasteiger partial charge is 0.320 e. The molecule has 7 aliphatic rings. The van der Waals surface area contributed by atoms with Gasteiger partial charge in [-0.1, -0.05) is 60.1 Å². The Kier molecular flexibility index (Phi) is 10.1. The molecular formula is C43H68N2O7. The number of carbonyl (C=O) groups excluding carboxylic acids is 2. The number of hydrogen-bond acceptors (Lipinski definition) is 8. The maximum Gasteiger partial charge on any atom is 0.320 e. The highest BCUT2D eigenvalue weighted by molar-refractivity contribution is 5.73. The van der Waals surface area contributed by atoms with Crippen LogP contribution in [0.5, 0.6) is 0 Å². The van der Waals surface area contributed by atoms with E-state index in [4.69, 9.17) is 14.2 Å². The number of carboxylic acid groups (broad SMARTS) is 1. The molecule has 3 saturated heterocycles. The third-order valence-electron chi connectivity index (χ3n) is 17.2. The molecule has 1 N–H and O–H groups in total. The first-order valence-electron chi connectivity index (χ1n) is 20.8. The lowest BCUT2D eigenvalue weighted by molar-refractivity contribution is -0.263. The fourth-order valence-electron chi connectivity index (χ4n) is 14.0. The molecule has 3 saturated carbocycles. The van der Waals surface area contributed by atoms with E-state index in [2.05, 4.69) is 64.3 Å². The standard InChI is InChI=1S/C43H68N2O7/c1-27(2)28(3)39(5)17-18-41(7)31-11-12-34-40(6)25-50-26-43(34,32(31)13-16-42(41,8)36(39)38(48)49)23-33(51-29(4)46)37(40)52-35(47)24-44-21-14-30(15-22-44)45-19-9-10-20-45/h13,27-28,30-31,33-34,36-37H,9-12,14-26H2,1-8H3,(H,48,49)/t28-,31+,33-,34+,36-,37+,39-,40-,41-,42+,43+/m1/s1. The molecule has 9 nitrogen and oxygen atoms in total. The Morgan fingerprint density at radius 3 is 2.25 bits per heavy atom. The molecule has 0 spiro atoms. The topological polar surface area (TPSA) is 106 Å². The lowest BCUT2D eigenvalue weighted by Crippen LogP contribution is -2.70. The second-order valence-electron chi connectivity index (χ2n) is 19.9. The molecule has 0 aromatic rings. The third kappa shape index (κ3) is 5.83. The predicted molar refractivity (Wildman–Crippen MR) is 199 cm³/mol. The molecule has 52 heavy (non-hydrogen) atoms. The summed E-state index contributed by atoms with van der Waals surface area (Å²) in [5.41, 5.74) is -0.395. The highest BCUT2D eigenvalue weighted by Gasteiger charge is 2.72. The van der Waals surface area contributed by atoms with Gasteiger partial charge >= 0.3 is 17.9 Å². The van der Waals surface area contributed by atoms with E-state index in [0.29, 0.717) is 38.0 Å². The van der Waals surface area contributed by atoms with Crippen molar-refractivity contribution in [2.75, 3.05) is 45.9 Å². The molecule has 3 heterocycles. The Balaban J connectivity index is 1.16. The zero-order chi connectivity index (χ0) is 37.4. The van der Waals surface area contributed by atoms with Crippen molar-refractivity contribution in [2.24, 2.45) is 56.7 Å². The minimum atomic E-state index is -0.658. The van der Waals surface area contributed by atoms with Gasteiger partial charge in [-0.05, 0) is 117 Å². The number of aliphatic carboxylic acids is 1. The summed E-state index contributed by atoms with van der Waals surface area (Å²) in [4.78, 5) is 44.8. The van der Waals surface area contributed by atoms with E-state index in [0.717, 1.165) is 51.6 Å². The fraction of sp³-hybridized carbons (Fsp3) is 0.884. The fourth-order valence-corrected chi connectivity index (χ4v) is 14.0.